The summed E-state index contributed by atoms with van der Waals surface area (Å²) < 4.78 is 4.61. The van der Waals surface area contributed by atoms with Crippen LogP contribution < -0.4 is 10.6 Å². The van der Waals surface area contributed by atoms with Crippen molar-refractivity contribution >= 4 is 17.8 Å². The van der Waals surface area contributed by atoms with Crippen LogP contribution in [0.4, 0.5) is 0 Å². The predicted octanol–water partition coefficient (Wildman–Crippen LogP) is -1.66. The summed E-state index contributed by atoms with van der Waals surface area (Å²) in [6, 6.07) is -1.10. The zero-order valence-electron chi connectivity index (χ0n) is 8.57. The Balaban J connectivity index is 3.99. The Morgan fingerprint density at radius 2 is 2.00 bits per heavy atom. The molecule has 0 heterocycles. The standard InChI is InChI=1S/C8H14N2O5/c1-5(11)9-3-7(12)10-6(4-15-2)8(13)14/h6H,3-4H2,1-2H3,(H,9,11)(H,10,12)(H,13,14). The third-order valence-electron chi connectivity index (χ3n) is 1.46. The van der Waals surface area contributed by atoms with E-state index in [9.17, 15) is 14.4 Å². The van der Waals surface area contributed by atoms with Crippen LogP contribution in [0.1, 0.15) is 6.92 Å². The summed E-state index contributed by atoms with van der Waals surface area (Å²) in [7, 11) is 1.33. The fraction of sp³-hybridized carbons (Fsp3) is 0.625. The molecule has 7 nitrogen and oxygen atoms in total. The maximum Gasteiger partial charge on any atom is 0.328 e. The Labute approximate surface area is 86.8 Å². The number of amides is 2. The third kappa shape index (κ3) is 6.44. The van der Waals surface area contributed by atoms with E-state index in [1.165, 1.54) is 14.0 Å². The molecule has 86 valence electrons. The lowest BCUT2D eigenvalue weighted by molar-refractivity contribution is -0.143. The van der Waals surface area contributed by atoms with Crippen molar-refractivity contribution in [2.24, 2.45) is 0 Å². The smallest absolute Gasteiger partial charge is 0.328 e. The SMILES string of the molecule is COCC(NC(=O)CNC(C)=O)C(=O)O. The molecule has 0 aromatic rings. The molecule has 0 aromatic carbocycles. The molecular formula is C8H14N2O5. The Kier molecular flexibility index (Phi) is 6.03. The van der Waals surface area contributed by atoms with E-state index in [2.05, 4.69) is 15.4 Å². The first-order chi connectivity index (χ1) is 6.97. The zero-order valence-corrected chi connectivity index (χ0v) is 8.57. The van der Waals surface area contributed by atoms with Gasteiger partial charge >= 0.3 is 5.97 Å². The summed E-state index contributed by atoms with van der Waals surface area (Å²) in [5.74, 6) is -2.12. The van der Waals surface area contributed by atoms with Gasteiger partial charge in [-0.1, -0.05) is 0 Å². The van der Waals surface area contributed by atoms with Gasteiger partial charge in [0.2, 0.25) is 11.8 Å². The number of ether oxygens (including phenoxy) is 1. The van der Waals surface area contributed by atoms with Gasteiger partial charge in [0.15, 0.2) is 6.04 Å². The number of methoxy groups -OCH3 is 1. The van der Waals surface area contributed by atoms with Crippen LogP contribution in [-0.2, 0) is 19.1 Å². The summed E-state index contributed by atoms with van der Waals surface area (Å²) >= 11 is 0. The average molecular weight is 218 g/mol. The summed E-state index contributed by atoms with van der Waals surface area (Å²) in [5.41, 5.74) is 0. The maximum absolute atomic E-state index is 11.1. The molecule has 2 amide bonds. The van der Waals surface area contributed by atoms with E-state index >= 15 is 0 Å². The highest BCUT2D eigenvalue weighted by Gasteiger charge is 2.19. The quantitative estimate of drug-likeness (QED) is 0.495. The van der Waals surface area contributed by atoms with Crippen LogP contribution in [0.25, 0.3) is 0 Å². The third-order valence-corrected chi connectivity index (χ3v) is 1.46. The van der Waals surface area contributed by atoms with Crippen molar-refractivity contribution in [2.45, 2.75) is 13.0 Å². The Morgan fingerprint density at radius 1 is 1.40 bits per heavy atom. The van der Waals surface area contributed by atoms with E-state index in [4.69, 9.17) is 5.11 Å². The van der Waals surface area contributed by atoms with Crippen molar-refractivity contribution in [1.82, 2.24) is 10.6 Å². The average Bonchev–Trinajstić information content (AvgIpc) is 2.14. The van der Waals surface area contributed by atoms with Crippen LogP contribution in [0.5, 0.6) is 0 Å². The monoisotopic (exact) mass is 218 g/mol. The molecule has 3 N–H and O–H groups in total. The second-order valence-corrected chi connectivity index (χ2v) is 2.82. The molecule has 0 spiro atoms. The maximum atomic E-state index is 11.1. The molecule has 7 heteroatoms. The number of aliphatic carboxylic acids is 1. The van der Waals surface area contributed by atoms with E-state index in [0.717, 1.165) is 0 Å². The molecule has 0 saturated heterocycles. The Morgan fingerprint density at radius 3 is 2.40 bits per heavy atom. The van der Waals surface area contributed by atoms with Crippen molar-refractivity contribution < 1.29 is 24.2 Å². The second-order valence-electron chi connectivity index (χ2n) is 2.82. The van der Waals surface area contributed by atoms with Gasteiger partial charge < -0.3 is 20.5 Å². The van der Waals surface area contributed by atoms with Crippen molar-refractivity contribution in [2.75, 3.05) is 20.3 Å². The van der Waals surface area contributed by atoms with Gasteiger partial charge in [-0.2, -0.15) is 0 Å². The van der Waals surface area contributed by atoms with Gasteiger partial charge in [-0.25, -0.2) is 4.79 Å². The second kappa shape index (κ2) is 6.77. The number of hydrogen-bond donors (Lipinski definition) is 3. The molecule has 0 aliphatic heterocycles. The van der Waals surface area contributed by atoms with E-state index in [1.54, 1.807) is 0 Å². The van der Waals surface area contributed by atoms with Gasteiger partial charge in [-0.3, -0.25) is 9.59 Å². The van der Waals surface area contributed by atoms with Crippen LogP contribution in [0.3, 0.4) is 0 Å². The number of carbonyl (C=O) groups is 3. The van der Waals surface area contributed by atoms with Gasteiger partial charge in [0, 0.05) is 14.0 Å². The van der Waals surface area contributed by atoms with E-state index in [0.29, 0.717) is 0 Å². The molecule has 0 saturated carbocycles. The van der Waals surface area contributed by atoms with Crippen LogP contribution in [-0.4, -0.2) is 49.2 Å². The van der Waals surface area contributed by atoms with Gasteiger partial charge in [-0.05, 0) is 0 Å². The zero-order chi connectivity index (χ0) is 11.8. The first-order valence-electron chi connectivity index (χ1n) is 4.23. The van der Waals surface area contributed by atoms with Crippen molar-refractivity contribution in [3.05, 3.63) is 0 Å². The molecule has 0 aliphatic carbocycles. The van der Waals surface area contributed by atoms with E-state index < -0.39 is 17.9 Å². The first kappa shape index (κ1) is 13.4. The minimum absolute atomic E-state index is 0.124. The van der Waals surface area contributed by atoms with Crippen molar-refractivity contribution in [3.8, 4) is 0 Å². The number of carboxylic acid groups (broad SMARTS) is 1. The molecule has 1 unspecified atom stereocenters. The van der Waals surface area contributed by atoms with Crippen LogP contribution >= 0.6 is 0 Å². The topological polar surface area (TPSA) is 105 Å². The molecule has 0 rings (SSSR count). The molecule has 0 bridgehead atoms. The number of hydrogen-bond acceptors (Lipinski definition) is 4. The fourth-order valence-electron chi connectivity index (χ4n) is 0.791. The lowest BCUT2D eigenvalue weighted by atomic mass is 10.3. The molecular weight excluding hydrogens is 204 g/mol. The molecule has 0 aliphatic rings. The molecule has 0 aromatic heterocycles. The first-order valence-corrected chi connectivity index (χ1v) is 4.23. The van der Waals surface area contributed by atoms with Crippen LogP contribution in [0.15, 0.2) is 0 Å². The summed E-state index contributed by atoms with van der Waals surface area (Å²) in [6.07, 6.45) is 0. The highest BCUT2D eigenvalue weighted by Crippen LogP contribution is 1.85. The largest absolute Gasteiger partial charge is 0.480 e. The highest BCUT2D eigenvalue weighted by molar-refractivity contribution is 5.87. The van der Waals surface area contributed by atoms with Crippen LogP contribution in [0, 0.1) is 0 Å². The number of carbonyl (C=O) groups excluding carboxylic acids is 2. The number of rotatable bonds is 6. The van der Waals surface area contributed by atoms with E-state index in [-0.39, 0.29) is 19.1 Å². The van der Waals surface area contributed by atoms with Crippen molar-refractivity contribution in [1.29, 1.82) is 0 Å². The summed E-state index contributed by atoms with van der Waals surface area (Å²) in [5, 5.41) is 13.1. The van der Waals surface area contributed by atoms with Gasteiger partial charge in [0.25, 0.3) is 0 Å². The van der Waals surface area contributed by atoms with Gasteiger partial charge in [0.1, 0.15) is 0 Å². The Bertz CT molecular complexity index is 253. The van der Waals surface area contributed by atoms with Crippen LogP contribution in [0.2, 0.25) is 0 Å². The molecule has 15 heavy (non-hydrogen) atoms. The number of carboxylic acids is 1. The highest BCUT2D eigenvalue weighted by atomic mass is 16.5. The fourth-order valence-corrected chi connectivity index (χ4v) is 0.791. The molecule has 1 atom stereocenters. The lowest BCUT2D eigenvalue weighted by Crippen LogP contribution is -2.47. The Hall–Kier alpha value is -1.63. The lowest BCUT2D eigenvalue weighted by Gasteiger charge is -2.13. The van der Waals surface area contributed by atoms with Gasteiger partial charge in [0.05, 0.1) is 13.2 Å². The normalized spacial score (nSPS) is 11.6. The van der Waals surface area contributed by atoms with E-state index in [1.807, 2.05) is 0 Å². The summed E-state index contributed by atoms with van der Waals surface area (Å²) in [4.78, 5) is 32.1. The van der Waals surface area contributed by atoms with Gasteiger partial charge in [-0.15, -0.1) is 0 Å². The minimum atomic E-state index is -1.19. The molecule has 0 fully saturated rings. The van der Waals surface area contributed by atoms with Crippen molar-refractivity contribution in [3.63, 3.8) is 0 Å². The predicted molar refractivity (Wildman–Crippen MR) is 50.1 cm³/mol. The minimum Gasteiger partial charge on any atom is -0.480 e. The summed E-state index contributed by atoms with van der Waals surface area (Å²) in [6.45, 7) is 0.890. The number of nitrogens with one attached hydrogen (secondary N) is 2. The molecule has 0 radical (unpaired) electrons.